The summed E-state index contributed by atoms with van der Waals surface area (Å²) >= 11 is 0. The van der Waals surface area contributed by atoms with Gasteiger partial charge in [0.2, 0.25) is 0 Å². The van der Waals surface area contributed by atoms with Crippen molar-refractivity contribution in [3.05, 3.63) is 29.3 Å². The van der Waals surface area contributed by atoms with Gasteiger partial charge in [0.1, 0.15) is 0 Å². The van der Waals surface area contributed by atoms with Crippen LogP contribution in [0.25, 0.3) is 0 Å². The van der Waals surface area contributed by atoms with Crippen LogP contribution in [-0.4, -0.2) is 38.1 Å². The van der Waals surface area contributed by atoms with Crippen LogP contribution in [0.15, 0.2) is 18.2 Å². The molecule has 0 saturated carbocycles. The number of carbonyl (C=O) groups is 1. The minimum Gasteiger partial charge on any atom is -0.399 e. The molecule has 1 aromatic rings. The summed E-state index contributed by atoms with van der Waals surface area (Å²) in [5.74, 6) is 0.0178. The number of rotatable bonds is 5. The molecule has 0 unspecified atom stereocenters. The second-order valence-corrected chi connectivity index (χ2v) is 4.14. The number of benzene rings is 1. The maximum atomic E-state index is 12.0. The van der Waals surface area contributed by atoms with Crippen molar-refractivity contribution in [2.45, 2.75) is 13.3 Å². The van der Waals surface area contributed by atoms with Crippen molar-refractivity contribution in [1.29, 1.82) is 0 Å². The van der Waals surface area contributed by atoms with Crippen molar-refractivity contribution in [2.75, 3.05) is 33.0 Å². The fourth-order valence-corrected chi connectivity index (χ4v) is 1.58. The smallest absolute Gasteiger partial charge is 0.253 e. The third-order valence-electron chi connectivity index (χ3n) is 2.71. The molecule has 0 heterocycles. The normalized spacial score (nSPS) is 10.3. The van der Waals surface area contributed by atoms with Crippen LogP contribution in [0, 0.1) is 6.92 Å². The monoisotopic (exact) mass is 236 g/mol. The van der Waals surface area contributed by atoms with Gasteiger partial charge < -0.3 is 15.4 Å². The van der Waals surface area contributed by atoms with Gasteiger partial charge in [-0.05, 0) is 37.1 Å². The topological polar surface area (TPSA) is 55.6 Å². The minimum absolute atomic E-state index is 0.0178. The van der Waals surface area contributed by atoms with Gasteiger partial charge in [-0.1, -0.05) is 0 Å². The zero-order chi connectivity index (χ0) is 12.8. The zero-order valence-electron chi connectivity index (χ0n) is 10.7. The van der Waals surface area contributed by atoms with Crippen LogP contribution in [-0.2, 0) is 4.74 Å². The Kier molecular flexibility index (Phi) is 4.97. The Bertz CT molecular complexity index is 391. The van der Waals surface area contributed by atoms with E-state index in [1.807, 2.05) is 13.0 Å². The van der Waals surface area contributed by atoms with E-state index in [2.05, 4.69) is 0 Å². The van der Waals surface area contributed by atoms with Crippen molar-refractivity contribution in [3.8, 4) is 0 Å². The van der Waals surface area contributed by atoms with Gasteiger partial charge in [0.25, 0.3) is 5.91 Å². The van der Waals surface area contributed by atoms with Crippen molar-refractivity contribution in [3.63, 3.8) is 0 Å². The maximum Gasteiger partial charge on any atom is 0.253 e. The van der Waals surface area contributed by atoms with Crippen LogP contribution in [0.1, 0.15) is 22.3 Å². The fraction of sp³-hybridized carbons (Fsp3) is 0.462. The van der Waals surface area contributed by atoms with Gasteiger partial charge in [-0.15, -0.1) is 0 Å². The van der Waals surface area contributed by atoms with Crippen molar-refractivity contribution >= 4 is 11.6 Å². The van der Waals surface area contributed by atoms with E-state index in [9.17, 15) is 4.79 Å². The highest BCUT2D eigenvalue weighted by molar-refractivity contribution is 5.94. The molecule has 0 aromatic heterocycles. The summed E-state index contributed by atoms with van der Waals surface area (Å²) in [4.78, 5) is 13.7. The number of carbonyl (C=O) groups excluding carboxylic acids is 1. The quantitative estimate of drug-likeness (QED) is 0.625. The Morgan fingerprint density at radius 2 is 2.18 bits per heavy atom. The van der Waals surface area contributed by atoms with E-state index in [1.54, 1.807) is 31.2 Å². The molecule has 0 radical (unpaired) electrons. The van der Waals surface area contributed by atoms with E-state index in [0.717, 1.165) is 12.0 Å². The average Bonchev–Trinajstić information content (AvgIpc) is 2.32. The summed E-state index contributed by atoms with van der Waals surface area (Å²) in [6, 6.07) is 5.35. The molecule has 0 spiro atoms. The lowest BCUT2D eigenvalue weighted by atomic mass is 10.1. The Labute approximate surface area is 102 Å². The first-order valence-electron chi connectivity index (χ1n) is 5.66. The number of nitrogen functional groups attached to an aromatic ring is 1. The lowest BCUT2D eigenvalue weighted by Gasteiger charge is -2.17. The van der Waals surface area contributed by atoms with E-state index in [-0.39, 0.29) is 5.91 Å². The number of nitrogens with zero attached hydrogens (tertiary/aromatic N) is 1. The van der Waals surface area contributed by atoms with Gasteiger partial charge in [-0.25, -0.2) is 0 Å². The molecule has 1 amide bonds. The average molecular weight is 236 g/mol. The highest BCUT2D eigenvalue weighted by atomic mass is 16.5. The highest BCUT2D eigenvalue weighted by Gasteiger charge is 2.11. The molecule has 0 aliphatic heterocycles. The van der Waals surface area contributed by atoms with Gasteiger partial charge in [-0.3, -0.25) is 4.79 Å². The third-order valence-corrected chi connectivity index (χ3v) is 2.71. The first kappa shape index (κ1) is 13.5. The molecule has 1 rings (SSSR count). The second-order valence-electron chi connectivity index (χ2n) is 4.14. The van der Waals surface area contributed by atoms with E-state index in [4.69, 9.17) is 10.5 Å². The van der Waals surface area contributed by atoms with Crippen molar-refractivity contribution in [1.82, 2.24) is 4.90 Å². The van der Waals surface area contributed by atoms with Gasteiger partial charge >= 0.3 is 0 Å². The number of amides is 1. The number of hydrogen-bond donors (Lipinski definition) is 1. The molecular weight excluding hydrogens is 216 g/mol. The summed E-state index contributed by atoms with van der Waals surface area (Å²) in [5.41, 5.74) is 8.04. The Morgan fingerprint density at radius 3 is 2.76 bits per heavy atom. The number of aryl methyl sites for hydroxylation is 1. The molecule has 0 aliphatic carbocycles. The summed E-state index contributed by atoms with van der Waals surface area (Å²) in [7, 11) is 3.45. The maximum absolute atomic E-state index is 12.0. The molecule has 0 saturated heterocycles. The second kappa shape index (κ2) is 6.25. The number of methoxy groups -OCH3 is 1. The van der Waals surface area contributed by atoms with Crippen LogP contribution in [0.4, 0.5) is 5.69 Å². The first-order valence-corrected chi connectivity index (χ1v) is 5.66. The van der Waals surface area contributed by atoms with Gasteiger partial charge in [-0.2, -0.15) is 0 Å². The van der Waals surface area contributed by atoms with Crippen LogP contribution in [0.3, 0.4) is 0 Å². The van der Waals surface area contributed by atoms with E-state index >= 15 is 0 Å². The molecule has 4 heteroatoms. The Morgan fingerprint density at radius 1 is 1.47 bits per heavy atom. The third kappa shape index (κ3) is 3.75. The molecule has 0 bridgehead atoms. The zero-order valence-corrected chi connectivity index (χ0v) is 10.7. The predicted molar refractivity (Wildman–Crippen MR) is 69.0 cm³/mol. The van der Waals surface area contributed by atoms with E-state index in [0.29, 0.717) is 24.4 Å². The number of anilines is 1. The first-order chi connectivity index (χ1) is 8.06. The molecule has 94 valence electrons. The molecule has 0 fully saturated rings. The number of ether oxygens (including phenoxy) is 1. The summed E-state index contributed by atoms with van der Waals surface area (Å²) < 4.78 is 4.96. The number of nitrogens with two attached hydrogens (primary N) is 1. The molecule has 17 heavy (non-hydrogen) atoms. The Hall–Kier alpha value is -1.55. The largest absolute Gasteiger partial charge is 0.399 e. The highest BCUT2D eigenvalue weighted by Crippen LogP contribution is 2.14. The van der Waals surface area contributed by atoms with Crippen LogP contribution < -0.4 is 5.73 Å². The SMILES string of the molecule is COCCCN(C)C(=O)c1ccc(N)c(C)c1. The van der Waals surface area contributed by atoms with Gasteiger partial charge in [0.05, 0.1) is 0 Å². The van der Waals surface area contributed by atoms with Crippen LogP contribution in [0.2, 0.25) is 0 Å². The minimum atomic E-state index is 0.0178. The lowest BCUT2D eigenvalue weighted by Crippen LogP contribution is -2.28. The molecular formula is C13H20N2O2. The van der Waals surface area contributed by atoms with Crippen molar-refractivity contribution in [2.24, 2.45) is 0 Å². The molecule has 0 aliphatic rings. The van der Waals surface area contributed by atoms with E-state index < -0.39 is 0 Å². The van der Waals surface area contributed by atoms with Gasteiger partial charge in [0.15, 0.2) is 0 Å². The number of hydrogen-bond acceptors (Lipinski definition) is 3. The molecule has 0 atom stereocenters. The summed E-state index contributed by atoms with van der Waals surface area (Å²) in [6.07, 6.45) is 0.840. The summed E-state index contributed by atoms with van der Waals surface area (Å²) in [6.45, 7) is 3.26. The molecule has 1 aromatic carbocycles. The van der Waals surface area contributed by atoms with E-state index in [1.165, 1.54) is 0 Å². The lowest BCUT2D eigenvalue weighted by molar-refractivity contribution is 0.0779. The van der Waals surface area contributed by atoms with Crippen LogP contribution >= 0.6 is 0 Å². The van der Waals surface area contributed by atoms with Crippen molar-refractivity contribution < 1.29 is 9.53 Å². The standard InChI is InChI=1S/C13H20N2O2/c1-10-9-11(5-6-12(10)14)13(16)15(2)7-4-8-17-3/h5-6,9H,4,7-8,14H2,1-3H3. The van der Waals surface area contributed by atoms with Crippen LogP contribution in [0.5, 0.6) is 0 Å². The fourth-order valence-electron chi connectivity index (χ4n) is 1.58. The summed E-state index contributed by atoms with van der Waals surface area (Å²) in [5, 5.41) is 0. The Balaban J connectivity index is 2.65. The molecule has 2 N–H and O–H groups in total. The van der Waals surface area contributed by atoms with Gasteiger partial charge in [0, 0.05) is 38.6 Å². The predicted octanol–water partition coefficient (Wildman–Crippen LogP) is 1.69. The molecule has 4 nitrogen and oxygen atoms in total.